The van der Waals surface area contributed by atoms with Crippen molar-refractivity contribution < 1.29 is 22.3 Å². The van der Waals surface area contributed by atoms with Crippen molar-refractivity contribution in [3.8, 4) is 11.4 Å². The van der Waals surface area contributed by atoms with Gasteiger partial charge in [0.05, 0.1) is 23.0 Å². The molecule has 0 fully saturated rings. The first-order chi connectivity index (χ1) is 14.7. The normalized spacial score (nSPS) is 13.9. The van der Waals surface area contributed by atoms with Gasteiger partial charge in [0.25, 0.3) is 0 Å². The first-order valence-electron chi connectivity index (χ1n) is 9.55. The van der Waals surface area contributed by atoms with Gasteiger partial charge in [-0.3, -0.25) is 0 Å². The zero-order valence-corrected chi connectivity index (χ0v) is 16.5. The molecule has 3 aromatic carbocycles. The molecular weight excluding hydrogens is 410 g/mol. The van der Waals surface area contributed by atoms with Crippen LogP contribution in [-0.4, -0.2) is 15.8 Å². The van der Waals surface area contributed by atoms with Gasteiger partial charge in [-0.15, -0.1) is 0 Å². The number of hydrogen-bond donors (Lipinski definition) is 1. The zero-order chi connectivity index (χ0) is 22.2. The third-order valence-electron chi connectivity index (χ3n) is 4.92. The van der Waals surface area contributed by atoms with E-state index in [2.05, 4.69) is 5.10 Å². The van der Waals surface area contributed by atoms with Crippen LogP contribution in [0.15, 0.2) is 72.9 Å². The molecule has 0 bridgehead atoms. The van der Waals surface area contributed by atoms with Crippen molar-refractivity contribution in [1.82, 2.24) is 9.78 Å². The van der Waals surface area contributed by atoms with E-state index in [0.29, 0.717) is 17.0 Å². The molecule has 0 aliphatic heterocycles. The first-order valence-corrected chi connectivity index (χ1v) is 9.55. The van der Waals surface area contributed by atoms with Crippen LogP contribution >= 0.6 is 0 Å². The van der Waals surface area contributed by atoms with Gasteiger partial charge in [-0.2, -0.15) is 18.3 Å². The van der Waals surface area contributed by atoms with Crippen molar-refractivity contribution in [3.05, 3.63) is 89.9 Å². The molecule has 0 unspecified atom stereocenters. The van der Waals surface area contributed by atoms with Gasteiger partial charge >= 0.3 is 6.18 Å². The van der Waals surface area contributed by atoms with Gasteiger partial charge < -0.3 is 10.5 Å². The summed E-state index contributed by atoms with van der Waals surface area (Å²) in [5.41, 5.74) is 7.38. The highest BCUT2D eigenvalue weighted by atomic mass is 19.4. The van der Waals surface area contributed by atoms with E-state index in [1.807, 2.05) is 6.07 Å². The Hall–Kier alpha value is -3.39. The molecule has 4 aromatic rings. The van der Waals surface area contributed by atoms with E-state index < -0.39 is 23.9 Å². The van der Waals surface area contributed by atoms with Crippen LogP contribution in [0.4, 0.5) is 17.6 Å². The number of halogens is 4. The summed E-state index contributed by atoms with van der Waals surface area (Å²) in [6.45, 7) is 1.73. The number of nitrogens with two attached hydrogens (primary N) is 1. The molecule has 0 saturated carbocycles. The van der Waals surface area contributed by atoms with Gasteiger partial charge in [0.2, 0.25) is 0 Å². The third-order valence-corrected chi connectivity index (χ3v) is 4.92. The van der Waals surface area contributed by atoms with Gasteiger partial charge in [-0.25, -0.2) is 9.07 Å². The standard InChI is InChI=1S/C23H19F4N3O/c1-14(28)22(15-2-4-17(5-3-15)23(25,26)27)31-20-10-11-21-16(12-20)13-29-30(21)19-8-6-18(24)7-9-19/h2-14,22H,28H2,1H3/t14-,22-/m0/s1. The van der Waals surface area contributed by atoms with Gasteiger partial charge in [-0.1, -0.05) is 12.1 Å². The summed E-state index contributed by atoms with van der Waals surface area (Å²) in [7, 11) is 0. The van der Waals surface area contributed by atoms with E-state index in [1.165, 1.54) is 24.3 Å². The molecule has 31 heavy (non-hydrogen) atoms. The second kappa shape index (κ2) is 8.03. The summed E-state index contributed by atoms with van der Waals surface area (Å²) in [6.07, 6.45) is -3.38. The lowest BCUT2D eigenvalue weighted by Gasteiger charge is -2.23. The average molecular weight is 429 g/mol. The maximum Gasteiger partial charge on any atom is 0.416 e. The predicted octanol–water partition coefficient (Wildman–Crippen LogP) is 5.65. The molecular formula is C23H19F4N3O. The second-order valence-corrected chi connectivity index (χ2v) is 7.27. The molecule has 4 nitrogen and oxygen atoms in total. The maximum atomic E-state index is 13.2. The zero-order valence-electron chi connectivity index (χ0n) is 16.5. The molecule has 0 amide bonds. The van der Waals surface area contributed by atoms with E-state index in [-0.39, 0.29) is 5.82 Å². The maximum absolute atomic E-state index is 13.2. The highest BCUT2D eigenvalue weighted by Gasteiger charge is 2.30. The fraction of sp³-hybridized carbons (Fsp3) is 0.174. The summed E-state index contributed by atoms with van der Waals surface area (Å²) in [6, 6.07) is 15.6. The van der Waals surface area contributed by atoms with Crippen LogP contribution in [0.5, 0.6) is 5.75 Å². The number of alkyl halides is 3. The number of ether oxygens (including phenoxy) is 1. The number of benzene rings is 3. The van der Waals surface area contributed by atoms with Crippen LogP contribution in [0.3, 0.4) is 0 Å². The lowest BCUT2D eigenvalue weighted by Crippen LogP contribution is -2.29. The Morgan fingerprint density at radius 2 is 1.65 bits per heavy atom. The van der Waals surface area contributed by atoms with E-state index in [0.717, 1.165) is 23.0 Å². The molecule has 2 atom stereocenters. The molecule has 0 aliphatic carbocycles. The average Bonchev–Trinajstić information content (AvgIpc) is 3.15. The summed E-state index contributed by atoms with van der Waals surface area (Å²) in [4.78, 5) is 0. The van der Waals surface area contributed by atoms with Crippen LogP contribution in [0.1, 0.15) is 24.2 Å². The van der Waals surface area contributed by atoms with Crippen molar-refractivity contribution in [2.45, 2.75) is 25.2 Å². The smallest absolute Gasteiger partial charge is 0.416 e. The Bertz CT molecular complexity index is 1180. The minimum Gasteiger partial charge on any atom is -0.484 e. The quantitative estimate of drug-likeness (QED) is 0.417. The summed E-state index contributed by atoms with van der Waals surface area (Å²) in [5, 5.41) is 5.14. The second-order valence-electron chi connectivity index (χ2n) is 7.27. The summed E-state index contributed by atoms with van der Waals surface area (Å²) < 4.78 is 59.4. The fourth-order valence-corrected chi connectivity index (χ4v) is 3.36. The molecule has 4 rings (SSSR count). The largest absolute Gasteiger partial charge is 0.484 e. The Kier molecular flexibility index (Phi) is 5.41. The number of rotatable bonds is 5. The van der Waals surface area contributed by atoms with Gasteiger partial charge in [-0.05, 0) is 67.1 Å². The van der Waals surface area contributed by atoms with E-state index in [4.69, 9.17) is 10.5 Å². The Morgan fingerprint density at radius 1 is 0.968 bits per heavy atom. The molecule has 0 radical (unpaired) electrons. The van der Waals surface area contributed by atoms with Crippen molar-refractivity contribution in [3.63, 3.8) is 0 Å². The van der Waals surface area contributed by atoms with Crippen LogP contribution in [0.2, 0.25) is 0 Å². The number of fused-ring (bicyclic) bond motifs is 1. The molecule has 1 heterocycles. The van der Waals surface area contributed by atoms with Gasteiger partial charge in [0, 0.05) is 11.4 Å². The summed E-state index contributed by atoms with van der Waals surface area (Å²) in [5.74, 6) is 0.175. The summed E-state index contributed by atoms with van der Waals surface area (Å²) >= 11 is 0. The highest BCUT2D eigenvalue weighted by molar-refractivity contribution is 5.81. The minimum atomic E-state index is -4.40. The van der Waals surface area contributed by atoms with Crippen LogP contribution in [-0.2, 0) is 6.18 Å². The SMILES string of the molecule is C[C@H](N)[C@H](Oc1ccc2c(cnn2-c2ccc(F)cc2)c1)c1ccc(C(F)(F)F)cc1. The number of nitrogens with zero attached hydrogens (tertiary/aromatic N) is 2. The van der Waals surface area contributed by atoms with E-state index in [9.17, 15) is 17.6 Å². The number of aromatic nitrogens is 2. The third kappa shape index (κ3) is 4.39. The van der Waals surface area contributed by atoms with Gasteiger partial charge in [0.1, 0.15) is 17.7 Å². The van der Waals surface area contributed by atoms with Crippen LogP contribution in [0.25, 0.3) is 16.6 Å². The predicted molar refractivity (Wildman–Crippen MR) is 109 cm³/mol. The minimum absolute atomic E-state index is 0.332. The Morgan fingerprint density at radius 3 is 2.26 bits per heavy atom. The van der Waals surface area contributed by atoms with Crippen molar-refractivity contribution in [1.29, 1.82) is 0 Å². The topological polar surface area (TPSA) is 53.1 Å². The van der Waals surface area contributed by atoms with Gasteiger partial charge in [0.15, 0.2) is 0 Å². The lowest BCUT2D eigenvalue weighted by atomic mass is 10.0. The first kappa shape index (κ1) is 20.9. The van der Waals surface area contributed by atoms with E-state index >= 15 is 0 Å². The Labute approximate surface area is 175 Å². The van der Waals surface area contributed by atoms with Crippen molar-refractivity contribution in [2.75, 3.05) is 0 Å². The number of hydrogen-bond acceptors (Lipinski definition) is 3. The van der Waals surface area contributed by atoms with Crippen molar-refractivity contribution >= 4 is 10.9 Å². The fourth-order valence-electron chi connectivity index (χ4n) is 3.36. The van der Waals surface area contributed by atoms with Crippen LogP contribution < -0.4 is 10.5 Å². The molecule has 2 N–H and O–H groups in total. The molecule has 8 heteroatoms. The molecule has 160 valence electrons. The molecule has 1 aromatic heterocycles. The van der Waals surface area contributed by atoms with Crippen LogP contribution in [0, 0.1) is 5.82 Å². The molecule has 0 aliphatic rings. The lowest BCUT2D eigenvalue weighted by molar-refractivity contribution is -0.137. The molecule has 0 spiro atoms. The van der Waals surface area contributed by atoms with Crippen molar-refractivity contribution in [2.24, 2.45) is 5.73 Å². The van der Waals surface area contributed by atoms with E-state index in [1.54, 1.807) is 42.1 Å². The Balaban J connectivity index is 1.61. The monoisotopic (exact) mass is 429 g/mol. The molecule has 0 saturated heterocycles. The highest BCUT2D eigenvalue weighted by Crippen LogP contribution is 2.32.